The van der Waals surface area contributed by atoms with Gasteiger partial charge >= 0.3 is 5.97 Å². The number of ether oxygens (including phenoxy) is 1. The number of carbonyl (C=O) groups is 2. The van der Waals surface area contributed by atoms with Gasteiger partial charge in [0.15, 0.2) is 5.69 Å². The van der Waals surface area contributed by atoms with Crippen molar-refractivity contribution in [2.75, 3.05) is 18.6 Å². The van der Waals surface area contributed by atoms with E-state index in [1.54, 1.807) is 18.7 Å². The second kappa shape index (κ2) is 10.7. The second-order valence-electron chi connectivity index (χ2n) is 5.93. The highest BCUT2D eigenvalue weighted by Gasteiger charge is 2.24. The van der Waals surface area contributed by atoms with Crippen molar-refractivity contribution in [1.82, 2.24) is 10.3 Å². The lowest BCUT2D eigenvalue weighted by Gasteiger charge is -2.16. The third kappa shape index (κ3) is 6.41. The molecule has 3 N–H and O–H groups in total. The number of nitrogens with two attached hydrogens (primary N) is 1. The molecule has 0 aliphatic carbocycles. The van der Waals surface area contributed by atoms with Crippen LogP contribution in [0.1, 0.15) is 41.3 Å². The standard InChI is InChI=1S/C19H25N3O4S/c1-3-25-19(24)15(9-10-27-2)21-17(23)16-12-26-18(22-16)14(20)11-13-7-5-4-6-8-13/h4-8,12,14-15H,3,9-11,20H2,1-2H3,(H,21,23). The molecule has 2 unspecified atom stereocenters. The van der Waals surface area contributed by atoms with Crippen molar-refractivity contribution >= 4 is 23.6 Å². The zero-order valence-corrected chi connectivity index (χ0v) is 16.3. The van der Waals surface area contributed by atoms with E-state index in [-0.39, 0.29) is 18.2 Å². The first-order chi connectivity index (χ1) is 13.0. The van der Waals surface area contributed by atoms with Crippen molar-refractivity contribution in [2.24, 2.45) is 5.73 Å². The molecular formula is C19H25N3O4S. The predicted molar refractivity (Wildman–Crippen MR) is 104 cm³/mol. The third-order valence-corrected chi connectivity index (χ3v) is 4.50. The fourth-order valence-corrected chi connectivity index (χ4v) is 2.95. The van der Waals surface area contributed by atoms with Crippen LogP contribution < -0.4 is 11.1 Å². The van der Waals surface area contributed by atoms with E-state index in [1.165, 1.54) is 6.26 Å². The van der Waals surface area contributed by atoms with E-state index >= 15 is 0 Å². The van der Waals surface area contributed by atoms with Gasteiger partial charge in [-0.2, -0.15) is 11.8 Å². The van der Waals surface area contributed by atoms with Gasteiger partial charge in [-0.15, -0.1) is 0 Å². The smallest absolute Gasteiger partial charge is 0.328 e. The van der Waals surface area contributed by atoms with E-state index in [4.69, 9.17) is 14.9 Å². The molecule has 1 amide bonds. The number of hydrogen-bond donors (Lipinski definition) is 2. The van der Waals surface area contributed by atoms with Crippen LogP contribution in [-0.2, 0) is 16.0 Å². The van der Waals surface area contributed by atoms with Gasteiger partial charge in [0.05, 0.1) is 12.6 Å². The van der Waals surface area contributed by atoms with Crippen LogP contribution in [-0.4, -0.2) is 41.5 Å². The number of amides is 1. The number of aromatic nitrogens is 1. The Kier molecular flexibility index (Phi) is 8.35. The Hall–Kier alpha value is -2.32. The maximum absolute atomic E-state index is 12.4. The molecule has 1 heterocycles. The zero-order chi connectivity index (χ0) is 19.6. The summed E-state index contributed by atoms with van der Waals surface area (Å²) in [5.74, 6) is 0.0525. The molecule has 7 nitrogen and oxygen atoms in total. The van der Waals surface area contributed by atoms with Gasteiger partial charge in [-0.1, -0.05) is 30.3 Å². The Labute approximate surface area is 163 Å². The van der Waals surface area contributed by atoms with Crippen LogP contribution in [0.25, 0.3) is 0 Å². The summed E-state index contributed by atoms with van der Waals surface area (Å²) >= 11 is 1.59. The fourth-order valence-electron chi connectivity index (χ4n) is 2.48. The lowest BCUT2D eigenvalue weighted by molar-refractivity contribution is -0.145. The number of hydrogen-bond acceptors (Lipinski definition) is 7. The van der Waals surface area contributed by atoms with Crippen LogP contribution in [0.3, 0.4) is 0 Å². The lowest BCUT2D eigenvalue weighted by Crippen LogP contribution is -2.42. The normalized spacial score (nSPS) is 13.0. The molecule has 27 heavy (non-hydrogen) atoms. The van der Waals surface area contributed by atoms with Crippen molar-refractivity contribution in [3.63, 3.8) is 0 Å². The van der Waals surface area contributed by atoms with Crippen LogP contribution >= 0.6 is 11.8 Å². The molecule has 0 fully saturated rings. The Morgan fingerprint density at radius 1 is 1.33 bits per heavy atom. The maximum Gasteiger partial charge on any atom is 0.328 e. The highest BCUT2D eigenvalue weighted by molar-refractivity contribution is 7.98. The van der Waals surface area contributed by atoms with Gasteiger partial charge in [-0.05, 0) is 37.3 Å². The molecule has 2 atom stereocenters. The van der Waals surface area contributed by atoms with E-state index in [0.29, 0.717) is 12.8 Å². The Balaban J connectivity index is 2.00. The predicted octanol–water partition coefficient (Wildman–Crippen LogP) is 2.33. The number of benzene rings is 1. The summed E-state index contributed by atoms with van der Waals surface area (Å²) in [7, 11) is 0. The van der Waals surface area contributed by atoms with E-state index < -0.39 is 24.0 Å². The quantitative estimate of drug-likeness (QED) is 0.599. The third-order valence-electron chi connectivity index (χ3n) is 3.86. The summed E-state index contributed by atoms with van der Waals surface area (Å²) < 4.78 is 10.4. The number of oxazole rings is 1. The average molecular weight is 391 g/mol. The summed E-state index contributed by atoms with van der Waals surface area (Å²) in [5, 5.41) is 2.66. The minimum absolute atomic E-state index is 0.0898. The number of carbonyl (C=O) groups excluding carboxylic acids is 2. The molecule has 2 rings (SSSR count). The Morgan fingerprint density at radius 2 is 2.07 bits per heavy atom. The van der Waals surface area contributed by atoms with E-state index in [2.05, 4.69) is 10.3 Å². The Morgan fingerprint density at radius 3 is 2.74 bits per heavy atom. The van der Waals surface area contributed by atoms with Crippen molar-refractivity contribution in [3.8, 4) is 0 Å². The second-order valence-corrected chi connectivity index (χ2v) is 6.91. The Bertz CT molecular complexity index is 736. The molecule has 0 saturated carbocycles. The highest BCUT2D eigenvalue weighted by atomic mass is 32.2. The molecular weight excluding hydrogens is 366 g/mol. The van der Waals surface area contributed by atoms with Crippen LogP contribution in [0.5, 0.6) is 0 Å². The summed E-state index contributed by atoms with van der Waals surface area (Å²) in [6.07, 6.45) is 4.21. The monoisotopic (exact) mass is 391 g/mol. The summed E-state index contributed by atoms with van der Waals surface area (Å²) in [6, 6.07) is 8.54. The molecule has 2 aromatic rings. The van der Waals surface area contributed by atoms with Crippen molar-refractivity contribution in [2.45, 2.75) is 31.8 Å². The molecule has 0 spiro atoms. The number of rotatable bonds is 10. The first-order valence-corrected chi connectivity index (χ1v) is 10.2. The van der Waals surface area contributed by atoms with Crippen LogP contribution in [0.4, 0.5) is 0 Å². The molecule has 8 heteroatoms. The van der Waals surface area contributed by atoms with Gasteiger partial charge in [0, 0.05) is 0 Å². The topological polar surface area (TPSA) is 107 Å². The largest absolute Gasteiger partial charge is 0.464 e. The molecule has 1 aromatic carbocycles. The first-order valence-electron chi connectivity index (χ1n) is 8.76. The van der Waals surface area contributed by atoms with Gasteiger partial charge in [0.2, 0.25) is 5.89 Å². The molecule has 0 saturated heterocycles. The van der Waals surface area contributed by atoms with Crippen molar-refractivity contribution in [1.29, 1.82) is 0 Å². The van der Waals surface area contributed by atoms with Gasteiger partial charge in [0.1, 0.15) is 12.3 Å². The molecule has 0 radical (unpaired) electrons. The van der Waals surface area contributed by atoms with E-state index in [0.717, 1.165) is 11.3 Å². The first kappa shape index (κ1) is 21.0. The lowest BCUT2D eigenvalue weighted by atomic mass is 10.1. The molecule has 0 aliphatic rings. The van der Waals surface area contributed by atoms with Gasteiger partial charge < -0.3 is 20.2 Å². The summed E-state index contributed by atoms with van der Waals surface area (Å²) in [6.45, 7) is 1.98. The highest BCUT2D eigenvalue weighted by Crippen LogP contribution is 2.16. The summed E-state index contributed by atoms with van der Waals surface area (Å²) in [4.78, 5) is 28.6. The minimum Gasteiger partial charge on any atom is -0.464 e. The van der Waals surface area contributed by atoms with Crippen LogP contribution in [0.2, 0.25) is 0 Å². The fraction of sp³-hybridized carbons (Fsp3) is 0.421. The maximum atomic E-state index is 12.4. The van der Waals surface area contributed by atoms with E-state index in [1.807, 2.05) is 36.6 Å². The SMILES string of the molecule is CCOC(=O)C(CCSC)NC(=O)c1coc(C(N)Cc2ccccc2)n1. The molecule has 0 bridgehead atoms. The number of esters is 1. The van der Waals surface area contributed by atoms with E-state index in [9.17, 15) is 9.59 Å². The molecule has 1 aromatic heterocycles. The minimum atomic E-state index is -0.719. The molecule has 146 valence electrons. The molecule has 0 aliphatic heterocycles. The van der Waals surface area contributed by atoms with Crippen LogP contribution in [0.15, 0.2) is 41.0 Å². The van der Waals surface area contributed by atoms with Gasteiger partial charge in [-0.25, -0.2) is 9.78 Å². The van der Waals surface area contributed by atoms with Crippen LogP contribution in [0, 0.1) is 0 Å². The summed E-state index contributed by atoms with van der Waals surface area (Å²) in [5.41, 5.74) is 7.27. The van der Waals surface area contributed by atoms with Crippen molar-refractivity contribution < 1.29 is 18.7 Å². The zero-order valence-electron chi connectivity index (χ0n) is 15.5. The van der Waals surface area contributed by atoms with Gasteiger partial charge in [-0.3, -0.25) is 4.79 Å². The number of nitrogens with one attached hydrogen (secondary N) is 1. The number of nitrogens with zero attached hydrogens (tertiary/aromatic N) is 1. The van der Waals surface area contributed by atoms with Gasteiger partial charge in [0.25, 0.3) is 5.91 Å². The average Bonchev–Trinajstić information content (AvgIpc) is 3.16. The number of thioether (sulfide) groups is 1. The van der Waals surface area contributed by atoms with Crippen molar-refractivity contribution in [3.05, 3.63) is 53.7 Å².